The van der Waals surface area contributed by atoms with Gasteiger partial charge in [0.15, 0.2) is 5.16 Å². The first-order chi connectivity index (χ1) is 9.70. The van der Waals surface area contributed by atoms with Crippen LogP contribution in [-0.2, 0) is 24.2 Å². The number of benzene rings is 1. The van der Waals surface area contributed by atoms with Gasteiger partial charge in [-0.3, -0.25) is 4.79 Å². The summed E-state index contributed by atoms with van der Waals surface area (Å²) in [6, 6.07) is 10.3. The third-order valence-electron chi connectivity index (χ3n) is 3.06. The van der Waals surface area contributed by atoms with Crippen molar-refractivity contribution in [2.24, 2.45) is 0 Å². The quantitative estimate of drug-likeness (QED) is 0.797. The SMILES string of the molecule is CCc1cnc(SCC(=O)O)n1CCc1ccccc1. The summed E-state index contributed by atoms with van der Waals surface area (Å²) in [5, 5.41) is 9.57. The Balaban J connectivity index is 2.08. The Hall–Kier alpha value is -1.75. The Labute approximate surface area is 122 Å². The molecule has 1 N–H and O–H groups in total. The molecule has 0 saturated heterocycles. The number of carboxylic acids is 1. The number of aryl methyl sites for hydroxylation is 2. The number of hydrogen-bond donors (Lipinski definition) is 1. The van der Waals surface area contributed by atoms with Crippen LogP contribution in [-0.4, -0.2) is 26.4 Å². The first-order valence-electron chi connectivity index (χ1n) is 6.63. The van der Waals surface area contributed by atoms with Gasteiger partial charge in [0.1, 0.15) is 0 Å². The molecular weight excluding hydrogens is 272 g/mol. The summed E-state index contributed by atoms with van der Waals surface area (Å²) in [6.07, 6.45) is 3.66. The van der Waals surface area contributed by atoms with Gasteiger partial charge in [-0.05, 0) is 18.4 Å². The minimum absolute atomic E-state index is 0.0471. The fraction of sp³-hybridized carbons (Fsp3) is 0.333. The summed E-state index contributed by atoms with van der Waals surface area (Å²) in [4.78, 5) is 15.0. The van der Waals surface area contributed by atoms with Gasteiger partial charge < -0.3 is 9.67 Å². The third-order valence-corrected chi connectivity index (χ3v) is 4.03. The van der Waals surface area contributed by atoms with E-state index in [0.717, 1.165) is 30.2 Å². The number of rotatable bonds is 7. The van der Waals surface area contributed by atoms with Crippen molar-refractivity contribution in [2.75, 3.05) is 5.75 Å². The number of aromatic nitrogens is 2. The highest BCUT2D eigenvalue weighted by Crippen LogP contribution is 2.19. The number of thioether (sulfide) groups is 1. The Morgan fingerprint density at radius 3 is 2.75 bits per heavy atom. The monoisotopic (exact) mass is 290 g/mol. The summed E-state index contributed by atoms with van der Waals surface area (Å²) in [5.74, 6) is -0.767. The van der Waals surface area contributed by atoms with Crippen molar-refractivity contribution in [1.82, 2.24) is 9.55 Å². The van der Waals surface area contributed by atoms with Crippen LogP contribution in [0, 0.1) is 0 Å². The van der Waals surface area contributed by atoms with E-state index in [2.05, 4.69) is 28.6 Å². The van der Waals surface area contributed by atoms with Crippen molar-refractivity contribution in [1.29, 1.82) is 0 Å². The van der Waals surface area contributed by atoms with Crippen LogP contribution in [0.1, 0.15) is 18.2 Å². The van der Waals surface area contributed by atoms with Gasteiger partial charge in [0, 0.05) is 18.4 Å². The summed E-state index contributed by atoms with van der Waals surface area (Å²) in [5.41, 5.74) is 2.42. The molecule has 0 unspecified atom stereocenters. The molecule has 0 fully saturated rings. The number of aliphatic carboxylic acids is 1. The summed E-state index contributed by atoms with van der Waals surface area (Å²) < 4.78 is 2.13. The second-order valence-corrected chi connectivity index (χ2v) is 5.40. The van der Waals surface area contributed by atoms with E-state index in [1.165, 1.54) is 17.3 Å². The molecular formula is C15H18N2O2S. The molecule has 1 heterocycles. The number of imidazole rings is 1. The van der Waals surface area contributed by atoms with Crippen LogP contribution in [0.15, 0.2) is 41.7 Å². The van der Waals surface area contributed by atoms with Crippen molar-refractivity contribution in [3.05, 3.63) is 47.8 Å². The molecule has 2 aromatic rings. The van der Waals surface area contributed by atoms with E-state index in [1.807, 2.05) is 24.4 Å². The molecule has 1 aromatic carbocycles. The van der Waals surface area contributed by atoms with Gasteiger partial charge in [0.05, 0.1) is 5.75 Å². The van der Waals surface area contributed by atoms with Crippen LogP contribution in [0.5, 0.6) is 0 Å². The second-order valence-electron chi connectivity index (χ2n) is 4.46. The molecule has 0 saturated carbocycles. The van der Waals surface area contributed by atoms with Gasteiger partial charge >= 0.3 is 5.97 Å². The fourth-order valence-corrected chi connectivity index (χ4v) is 2.78. The van der Waals surface area contributed by atoms with Gasteiger partial charge in [0.2, 0.25) is 0 Å². The maximum Gasteiger partial charge on any atom is 0.313 e. The number of nitrogens with zero attached hydrogens (tertiary/aromatic N) is 2. The minimum Gasteiger partial charge on any atom is -0.481 e. The maximum atomic E-state index is 10.7. The zero-order chi connectivity index (χ0) is 14.4. The molecule has 0 aliphatic heterocycles. The first kappa shape index (κ1) is 14.7. The summed E-state index contributed by atoms with van der Waals surface area (Å²) >= 11 is 1.28. The highest BCUT2D eigenvalue weighted by molar-refractivity contribution is 7.99. The topological polar surface area (TPSA) is 55.1 Å². The van der Waals surface area contributed by atoms with E-state index < -0.39 is 5.97 Å². The molecule has 2 rings (SSSR count). The highest BCUT2D eigenvalue weighted by atomic mass is 32.2. The second kappa shape index (κ2) is 7.14. The summed E-state index contributed by atoms with van der Waals surface area (Å²) in [7, 11) is 0. The molecule has 0 amide bonds. The predicted molar refractivity (Wildman–Crippen MR) is 80.1 cm³/mol. The van der Waals surface area contributed by atoms with Gasteiger partial charge in [-0.1, -0.05) is 49.0 Å². The van der Waals surface area contributed by atoms with E-state index in [-0.39, 0.29) is 5.75 Å². The van der Waals surface area contributed by atoms with E-state index in [1.54, 1.807) is 0 Å². The van der Waals surface area contributed by atoms with Crippen molar-refractivity contribution < 1.29 is 9.90 Å². The minimum atomic E-state index is -0.814. The van der Waals surface area contributed by atoms with Crippen LogP contribution in [0.2, 0.25) is 0 Å². The van der Waals surface area contributed by atoms with E-state index >= 15 is 0 Å². The molecule has 106 valence electrons. The smallest absolute Gasteiger partial charge is 0.313 e. The highest BCUT2D eigenvalue weighted by Gasteiger charge is 2.11. The third kappa shape index (κ3) is 3.87. The summed E-state index contributed by atoms with van der Waals surface area (Å²) in [6.45, 7) is 2.91. The van der Waals surface area contributed by atoms with Crippen LogP contribution < -0.4 is 0 Å². The lowest BCUT2D eigenvalue weighted by molar-refractivity contribution is -0.133. The molecule has 0 aliphatic rings. The molecule has 5 heteroatoms. The molecule has 0 aliphatic carbocycles. The number of carbonyl (C=O) groups is 1. The van der Waals surface area contributed by atoms with Crippen LogP contribution in [0.3, 0.4) is 0 Å². The number of hydrogen-bond acceptors (Lipinski definition) is 3. The molecule has 0 spiro atoms. The van der Waals surface area contributed by atoms with E-state index in [9.17, 15) is 4.79 Å². The zero-order valence-electron chi connectivity index (χ0n) is 11.5. The van der Waals surface area contributed by atoms with E-state index in [0.29, 0.717) is 0 Å². The van der Waals surface area contributed by atoms with Crippen molar-refractivity contribution in [3.63, 3.8) is 0 Å². The zero-order valence-corrected chi connectivity index (χ0v) is 12.3. The Morgan fingerprint density at radius 2 is 2.10 bits per heavy atom. The standard InChI is InChI=1S/C15H18N2O2S/c1-2-13-10-16-15(20-11-14(18)19)17(13)9-8-12-6-4-3-5-7-12/h3-7,10H,2,8-9,11H2,1H3,(H,18,19). The first-order valence-corrected chi connectivity index (χ1v) is 7.62. The normalized spacial score (nSPS) is 10.7. The van der Waals surface area contributed by atoms with Crippen LogP contribution in [0.4, 0.5) is 0 Å². The average molecular weight is 290 g/mol. The fourth-order valence-electron chi connectivity index (χ4n) is 2.04. The molecule has 20 heavy (non-hydrogen) atoms. The Bertz CT molecular complexity index is 567. The van der Waals surface area contributed by atoms with E-state index in [4.69, 9.17) is 5.11 Å². The van der Waals surface area contributed by atoms with Gasteiger partial charge in [0.25, 0.3) is 0 Å². The van der Waals surface area contributed by atoms with Gasteiger partial charge in [-0.15, -0.1) is 0 Å². The predicted octanol–water partition coefficient (Wildman–Crippen LogP) is 2.86. The lowest BCUT2D eigenvalue weighted by Crippen LogP contribution is -2.08. The molecule has 0 atom stereocenters. The average Bonchev–Trinajstić information content (AvgIpc) is 2.86. The molecule has 0 radical (unpaired) electrons. The number of carboxylic acid groups (broad SMARTS) is 1. The molecule has 1 aromatic heterocycles. The van der Waals surface area contributed by atoms with Crippen LogP contribution >= 0.6 is 11.8 Å². The largest absolute Gasteiger partial charge is 0.481 e. The van der Waals surface area contributed by atoms with Crippen molar-refractivity contribution in [3.8, 4) is 0 Å². The maximum absolute atomic E-state index is 10.7. The lowest BCUT2D eigenvalue weighted by atomic mass is 10.1. The van der Waals surface area contributed by atoms with Gasteiger partial charge in [-0.2, -0.15) is 0 Å². The molecule has 0 bridgehead atoms. The van der Waals surface area contributed by atoms with Crippen LogP contribution in [0.25, 0.3) is 0 Å². The Kier molecular flexibility index (Phi) is 5.24. The lowest BCUT2D eigenvalue weighted by Gasteiger charge is -2.10. The van der Waals surface area contributed by atoms with Gasteiger partial charge in [-0.25, -0.2) is 4.98 Å². The van der Waals surface area contributed by atoms with Crippen molar-refractivity contribution in [2.45, 2.75) is 31.5 Å². The Morgan fingerprint density at radius 1 is 1.35 bits per heavy atom. The van der Waals surface area contributed by atoms with Crippen molar-refractivity contribution >= 4 is 17.7 Å². The molecule has 4 nitrogen and oxygen atoms in total.